The van der Waals surface area contributed by atoms with Gasteiger partial charge in [-0.1, -0.05) is 27.8 Å². The average Bonchev–Trinajstić information content (AvgIpc) is 2.19. The van der Waals surface area contributed by atoms with Gasteiger partial charge in [-0.2, -0.15) is 13.2 Å². The van der Waals surface area contributed by atoms with E-state index in [2.05, 4.69) is 27.8 Å². The van der Waals surface area contributed by atoms with Crippen molar-refractivity contribution in [3.63, 3.8) is 0 Å². The second kappa shape index (κ2) is 5.60. The van der Waals surface area contributed by atoms with Crippen LogP contribution >= 0.6 is 27.5 Å². The van der Waals surface area contributed by atoms with Crippen LogP contribution in [0.3, 0.4) is 0 Å². The van der Waals surface area contributed by atoms with Gasteiger partial charge in [-0.15, -0.1) is 11.6 Å². The van der Waals surface area contributed by atoms with Gasteiger partial charge in [0, 0.05) is 22.3 Å². The van der Waals surface area contributed by atoms with Crippen molar-refractivity contribution in [2.45, 2.75) is 12.6 Å². The molecule has 0 aliphatic rings. The predicted molar refractivity (Wildman–Crippen MR) is 61.4 cm³/mol. The first kappa shape index (κ1) is 13.4. The summed E-state index contributed by atoms with van der Waals surface area (Å²) in [6, 6.07) is 3.89. The van der Waals surface area contributed by atoms with Crippen LogP contribution in [-0.2, 0) is 6.18 Å². The highest BCUT2D eigenvalue weighted by Crippen LogP contribution is 2.35. The number of hydrogen-bond donors (Lipinski definition) is 0. The third kappa shape index (κ3) is 3.73. The molecule has 0 fully saturated rings. The van der Waals surface area contributed by atoms with E-state index in [1.807, 2.05) is 0 Å². The minimum atomic E-state index is -4.37. The third-order valence-corrected chi connectivity index (χ3v) is 2.60. The zero-order chi connectivity index (χ0) is 12.2. The molecule has 1 aromatic carbocycles. The van der Waals surface area contributed by atoms with Crippen LogP contribution in [0.25, 0.3) is 0 Å². The number of benzene rings is 1. The molecule has 1 aromatic rings. The fourth-order valence-electron chi connectivity index (χ4n) is 1.03. The molecule has 0 unspecified atom stereocenters. The number of alkyl halides is 4. The van der Waals surface area contributed by atoms with E-state index >= 15 is 0 Å². The summed E-state index contributed by atoms with van der Waals surface area (Å²) in [4.78, 5) is 0. The summed E-state index contributed by atoms with van der Waals surface area (Å²) >= 11 is 8.27. The summed E-state index contributed by atoms with van der Waals surface area (Å²) in [6.45, 7) is 0. The monoisotopic (exact) mass is 310 g/mol. The molecule has 0 atom stereocenters. The summed E-state index contributed by atoms with van der Waals surface area (Å²) in [6.07, 6.45) is -3.91. The molecule has 16 heavy (non-hydrogen) atoms. The largest absolute Gasteiger partial charge is 0.417 e. The standard InChI is InChI=1S/C11H7BrClF3/c12-10-5-4-8(3-1-2-6-13)7-9(10)11(14,15)16/h4-5,7H,2,6H2. The molecule has 0 nitrogen and oxygen atoms in total. The fraction of sp³-hybridized carbons (Fsp3) is 0.273. The summed E-state index contributed by atoms with van der Waals surface area (Å²) in [5.74, 6) is 5.69. The first-order valence-electron chi connectivity index (χ1n) is 4.36. The minimum absolute atomic E-state index is 0.0166. The van der Waals surface area contributed by atoms with Gasteiger partial charge in [0.2, 0.25) is 0 Å². The van der Waals surface area contributed by atoms with Crippen molar-refractivity contribution in [3.05, 3.63) is 33.8 Å². The van der Waals surface area contributed by atoms with E-state index in [4.69, 9.17) is 11.6 Å². The first-order chi connectivity index (χ1) is 7.45. The molecule has 0 amide bonds. The minimum Gasteiger partial charge on any atom is -0.166 e. The molecular formula is C11H7BrClF3. The Bertz CT molecular complexity index is 429. The Labute approximate surface area is 105 Å². The highest BCUT2D eigenvalue weighted by molar-refractivity contribution is 9.10. The zero-order valence-electron chi connectivity index (χ0n) is 8.04. The first-order valence-corrected chi connectivity index (χ1v) is 5.69. The van der Waals surface area contributed by atoms with Crippen LogP contribution in [0.1, 0.15) is 17.5 Å². The van der Waals surface area contributed by atoms with E-state index in [9.17, 15) is 13.2 Å². The summed E-state index contributed by atoms with van der Waals surface area (Å²) in [5, 5.41) is 0. The summed E-state index contributed by atoms with van der Waals surface area (Å²) in [7, 11) is 0. The van der Waals surface area contributed by atoms with Gasteiger partial charge in [0.15, 0.2) is 0 Å². The molecule has 1 rings (SSSR count). The molecule has 0 heterocycles. The Hall–Kier alpha value is -0.660. The Morgan fingerprint density at radius 3 is 2.56 bits per heavy atom. The SMILES string of the molecule is FC(F)(F)c1cc(C#CCCCl)ccc1Br. The molecule has 0 radical (unpaired) electrons. The second-order valence-electron chi connectivity index (χ2n) is 2.93. The molecule has 86 valence electrons. The van der Waals surface area contributed by atoms with Gasteiger partial charge in [-0.05, 0) is 18.2 Å². The molecule has 0 spiro atoms. The normalized spacial score (nSPS) is 10.8. The Kier molecular flexibility index (Phi) is 4.69. The zero-order valence-corrected chi connectivity index (χ0v) is 10.4. The predicted octanol–water partition coefficient (Wildman–Crippen LogP) is 4.45. The lowest BCUT2D eigenvalue weighted by Crippen LogP contribution is -2.06. The molecule has 0 aliphatic heterocycles. The Balaban J connectivity index is 3.05. The highest BCUT2D eigenvalue weighted by Gasteiger charge is 2.32. The van der Waals surface area contributed by atoms with Gasteiger partial charge in [0.1, 0.15) is 0 Å². The van der Waals surface area contributed by atoms with Crippen LogP contribution in [0, 0.1) is 11.8 Å². The Morgan fingerprint density at radius 1 is 1.31 bits per heavy atom. The van der Waals surface area contributed by atoms with Gasteiger partial charge < -0.3 is 0 Å². The van der Waals surface area contributed by atoms with Crippen LogP contribution in [-0.4, -0.2) is 5.88 Å². The molecule has 0 aromatic heterocycles. The van der Waals surface area contributed by atoms with Crippen molar-refractivity contribution in [3.8, 4) is 11.8 Å². The van der Waals surface area contributed by atoms with Crippen molar-refractivity contribution in [1.29, 1.82) is 0 Å². The van der Waals surface area contributed by atoms with Crippen LogP contribution in [0.4, 0.5) is 13.2 Å². The maximum Gasteiger partial charge on any atom is 0.417 e. The molecule has 0 saturated carbocycles. The molecule has 0 bridgehead atoms. The van der Waals surface area contributed by atoms with Crippen molar-refractivity contribution in [2.75, 3.05) is 5.88 Å². The van der Waals surface area contributed by atoms with Gasteiger partial charge in [-0.3, -0.25) is 0 Å². The van der Waals surface area contributed by atoms with E-state index < -0.39 is 11.7 Å². The lowest BCUT2D eigenvalue weighted by molar-refractivity contribution is -0.138. The smallest absolute Gasteiger partial charge is 0.166 e. The van der Waals surface area contributed by atoms with Crippen molar-refractivity contribution < 1.29 is 13.2 Å². The van der Waals surface area contributed by atoms with Gasteiger partial charge >= 0.3 is 6.18 Å². The maximum atomic E-state index is 12.5. The van der Waals surface area contributed by atoms with Crippen LogP contribution < -0.4 is 0 Å². The molecule has 0 saturated heterocycles. The Morgan fingerprint density at radius 2 is 2.00 bits per heavy atom. The summed E-state index contributed by atoms with van der Waals surface area (Å²) < 4.78 is 37.6. The quantitative estimate of drug-likeness (QED) is 0.531. The number of rotatable bonds is 1. The van der Waals surface area contributed by atoms with Gasteiger partial charge in [-0.25, -0.2) is 0 Å². The topological polar surface area (TPSA) is 0 Å². The van der Waals surface area contributed by atoms with Gasteiger partial charge in [0.25, 0.3) is 0 Å². The van der Waals surface area contributed by atoms with Crippen molar-refractivity contribution >= 4 is 27.5 Å². The molecule has 0 aliphatic carbocycles. The van der Waals surface area contributed by atoms with Crippen LogP contribution in [0.15, 0.2) is 22.7 Å². The van der Waals surface area contributed by atoms with Crippen molar-refractivity contribution in [1.82, 2.24) is 0 Å². The molecule has 0 N–H and O–H groups in total. The van der Waals surface area contributed by atoms with E-state index in [1.165, 1.54) is 12.1 Å². The van der Waals surface area contributed by atoms with E-state index in [0.717, 1.165) is 6.07 Å². The average molecular weight is 312 g/mol. The fourth-order valence-corrected chi connectivity index (χ4v) is 1.60. The van der Waals surface area contributed by atoms with E-state index in [-0.39, 0.29) is 4.47 Å². The molecule has 5 heteroatoms. The van der Waals surface area contributed by atoms with E-state index in [0.29, 0.717) is 17.9 Å². The number of halogens is 5. The molecular weight excluding hydrogens is 304 g/mol. The number of hydrogen-bond acceptors (Lipinski definition) is 0. The highest BCUT2D eigenvalue weighted by atomic mass is 79.9. The summed E-state index contributed by atoms with van der Waals surface area (Å²) in [5.41, 5.74) is -0.384. The second-order valence-corrected chi connectivity index (χ2v) is 4.17. The van der Waals surface area contributed by atoms with Crippen LogP contribution in [0.2, 0.25) is 0 Å². The lowest BCUT2D eigenvalue weighted by atomic mass is 10.1. The lowest BCUT2D eigenvalue weighted by Gasteiger charge is -2.08. The van der Waals surface area contributed by atoms with E-state index in [1.54, 1.807) is 0 Å². The van der Waals surface area contributed by atoms with Gasteiger partial charge in [0.05, 0.1) is 5.56 Å². The third-order valence-electron chi connectivity index (χ3n) is 1.72. The van der Waals surface area contributed by atoms with Crippen molar-refractivity contribution in [2.24, 2.45) is 0 Å². The maximum absolute atomic E-state index is 12.5. The van der Waals surface area contributed by atoms with Crippen LogP contribution in [0.5, 0.6) is 0 Å².